The summed E-state index contributed by atoms with van der Waals surface area (Å²) in [6, 6.07) is 10.5. The maximum absolute atomic E-state index is 12.8. The molecule has 1 N–H and O–H groups in total. The maximum atomic E-state index is 12.8. The molecule has 4 bridgehead atoms. The molecule has 26 heavy (non-hydrogen) atoms. The highest BCUT2D eigenvalue weighted by atomic mass is 16.5. The van der Waals surface area contributed by atoms with Crippen molar-refractivity contribution in [2.45, 2.75) is 50.7 Å². The Morgan fingerprint density at radius 3 is 2.81 bits per heavy atom. The molecule has 2 saturated carbocycles. The summed E-state index contributed by atoms with van der Waals surface area (Å²) in [7, 11) is 0. The number of ketones is 1. The Bertz CT molecular complexity index is 815. The van der Waals surface area contributed by atoms with E-state index in [1.165, 1.54) is 5.56 Å². The number of allylic oxidation sites excluding steroid dienone is 2. The number of aliphatic carboxylic acids is 1. The molecule has 5 aliphatic rings. The van der Waals surface area contributed by atoms with E-state index < -0.39 is 11.4 Å². The van der Waals surface area contributed by atoms with Gasteiger partial charge in [0.25, 0.3) is 0 Å². The number of hydrogen-bond acceptors (Lipinski definition) is 3. The van der Waals surface area contributed by atoms with Gasteiger partial charge in [-0.25, -0.2) is 0 Å². The third-order valence-electron chi connectivity index (χ3n) is 7.68. The van der Waals surface area contributed by atoms with Crippen molar-refractivity contribution in [3.05, 3.63) is 48.0 Å². The minimum atomic E-state index is -0.837. The first-order chi connectivity index (χ1) is 12.4. The van der Waals surface area contributed by atoms with Crippen LogP contribution < -0.4 is 0 Å². The SMILES string of the molecule is CC1(CCC(=O)O)C(=O)C=CC23CC4CC(OC4(c4ccccc4)C2)C31. The van der Waals surface area contributed by atoms with Crippen molar-refractivity contribution < 1.29 is 19.4 Å². The zero-order valence-corrected chi connectivity index (χ0v) is 15.0. The third kappa shape index (κ3) is 1.88. The fourth-order valence-corrected chi connectivity index (χ4v) is 6.78. The van der Waals surface area contributed by atoms with E-state index >= 15 is 0 Å². The molecule has 2 saturated heterocycles. The van der Waals surface area contributed by atoms with Crippen molar-refractivity contribution in [2.24, 2.45) is 22.7 Å². The van der Waals surface area contributed by atoms with Crippen LogP contribution >= 0.6 is 0 Å². The molecule has 1 aromatic rings. The molecule has 1 aromatic carbocycles. The smallest absolute Gasteiger partial charge is 0.303 e. The molecular weight excluding hydrogens is 328 g/mol. The Labute approximate surface area is 153 Å². The summed E-state index contributed by atoms with van der Waals surface area (Å²) in [4.78, 5) is 24.0. The summed E-state index contributed by atoms with van der Waals surface area (Å²) in [5, 5.41) is 9.18. The van der Waals surface area contributed by atoms with Gasteiger partial charge in [0.1, 0.15) is 0 Å². The second-order valence-electron chi connectivity index (χ2n) is 8.94. The third-order valence-corrected chi connectivity index (χ3v) is 7.68. The number of ether oxygens (including phenoxy) is 1. The highest BCUT2D eigenvalue weighted by Crippen LogP contribution is 2.74. The second-order valence-corrected chi connectivity index (χ2v) is 8.94. The second kappa shape index (κ2) is 5.07. The van der Waals surface area contributed by atoms with E-state index in [1.807, 2.05) is 13.0 Å². The molecule has 0 radical (unpaired) electrons. The highest BCUT2D eigenvalue weighted by Gasteiger charge is 2.73. The Kier molecular flexibility index (Phi) is 3.17. The zero-order valence-electron chi connectivity index (χ0n) is 15.0. The number of carboxylic acids is 1. The molecule has 1 spiro atoms. The van der Waals surface area contributed by atoms with Crippen LogP contribution in [-0.4, -0.2) is 23.0 Å². The molecule has 0 aromatic heterocycles. The number of carbonyl (C=O) groups is 2. The summed E-state index contributed by atoms with van der Waals surface area (Å²) < 4.78 is 6.71. The molecule has 3 aliphatic carbocycles. The normalized spacial score (nSPS) is 45.1. The van der Waals surface area contributed by atoms with E-state index in [9.17, 15) is 14.7 Å². The molecule has 2 aliphatic heterocycles. The van der Waals surface area contributed by atoms with Gasteiger partial charge in [0.15, 0.2) is 5.78 Å². The predicted molar refractivity (Wildman–Crippen MR) is 95.4 cm³/mol. The van der Waals surface area contributed by atoms with Crippen LogP contribution in [0.5, 0.6) is 0 Å². The molecule has 4 nitrogen and oxygen atoms in total. The van der Waals surface area contributed by atoms with Crippen molar-refractivity contribution in [1.82, 2.24) is 0 Å². The number of carbonyl (C=O) groups excluding carboxylic acids is 1. The molecule has 6 rings (SSSR count). The van der Waals surface area contributed by atoms with E-state index in [4.69, 9.17) is 4.74 Å². The average Bonchev–Trinajstić information content (AvgIpc) is 3.03. The van der Waals surface area contributed by atoms with Gasteiger partial charge >= 0.3 is 5.97 Å². The van der Waals surface area contributed by atoms with E-state index in [0.717, 1.165) is 19.3 Å². The minimum Gasteiger partial charge on any atom is -0.481 e. The van der Waals surface area contributed by atoms with Crippen LogP contribution in [0.1, 0.15) is 44.6 Å². The Balaban J connectivity index is 1.57. The lowest BCUT2D eigenvalue weighted by Crippen LogP contribution is -2.56. The first-order valence-electron chi connectivity index (χ1n) is 9.58. The highest BCUT2D eigenvalue weighted by molar-refractivity contribution is 5.96. The largest absolute Gasteiger partial charge is 0.481 e. The molecule has 4 fully saturated rings. The monoisotopic (exact) mass is 352 g/mol. The van der Waals surface area contributed by atoms with Crippen LogP contribution in [0, 0.1) is 22.7 Å². The quantitative estimate of drug-likeness (QED) is 0.897. The van der Waals surface area contributed by atoms with Crippen LogP contribution in [-0.2, 0) is 19.9 Å². The van der Waals surface area contributed by atoms with Crippen molar-refractivity contribution in [3.8, 4) is 0 Å². The summed E-state index contributed by atoms with van der Waals surface area (Å²) in [5.41, 5.74) is 0.333. The van der Waals surface area contributed by atoms with E-state index in [1.54, 1.807) is 6.08 Å². The van der Waals surface area contributed by atoms with Crippen LogP contribution in [0.25, 0.3) is 0 Å². The van der Waals surface area contributed by atoms with Crippen LogP contribution in [0.15, 0.2) is 42.5 Å². The minimum absolute atomic E-state index is 0.0304. The van der Waals surface area contributed by atoms with Gasteiger partial charge in [0, 0.05) is 17.8 Å². The zero-order chi connectivity index (χ0) is 18.2. The fraction of sp³-hybridized carbons (Fsp3) is 0.545. The summed E-state index contributed by atoms with van der Waals surface area (Å²) in [5.74, 6) is -0.202. The van der Waals surface area contributed by atoms with E-state index in [0.29, 0.717) is 12.3 Å². The van der Waals surface area contributed by atoms with Crippen molar-refractivity contribution >= 4 is 11.8 Å². The van der Waals surface area contributed by atoms with Gasteiger partial charge in [-0.1, -0.05) is 43.3 Å². The number of carboxylic acid groups (broad SMARTS) is 1. The van der Waals surface area contributed by atoms with Gasteiger partial charge < -0.3 is 9.84 Å². The van der Waals surface area contributed by atoms with Crippen molar-refractivity contribution in [1.29, 1.82) is 0 Å². The Morgan fingerprint density at radius 1 is 1.31 bits per heavy atom. The van der Waals surface area contributed by atoms with Crippen LogP contribution in [0.4, 0.5) is 0 Å². The summed E-state index contributed by atoms with van der Waals surface area (Å²) in [6.45, 7) is 1.97. The number of benzene rings is 1. The number of hydrogen-bond donors (Lipinski definition) is 1. The summed E-state index contributed by atoms with van der Waals surface area (Å²) in [6.07, 6.45) is 7.26. The molecule has 6 unspecified atom stereocenters. The van der Waals surface area contributed by atoms with Crippen molar-refractivity contribution in [2.75, 3.05) is 0 Å². The van der Waals surface area contributed by atoms with Crippen LogP contribution in [0.2, 0.25) is 0 Å². The fourth-order valence-electron chi connectivity index (χ4n) is 6.78. The van der Waals surface area contributed by atoms with Gasteiger partial charge in [-0.3, -0.25) is 9.59 Å². The molecule has 0 amide bonds. The lowest BCUT2D eigenvalue weighted by Gasteiger charge is -2.55. The van der Waals surface area contributed by atoms with Gasteiger partial charge in [-0.2, -0.15) is 0 Å². The molecular formula is C22H24O4. The topological polar surface area (TPSA) is 63.6 Å². The van der Waals surface area contributed by atoms with Gasteiger partial charge in [0.2, 0.25) is 0 Å². The van der Waals surface area contributed by atoms with Gasteiger partial charge in [0.05, 0.1) is 11.7 Å². The van der Waals surface area contributed by atoms with E-state index in [-0.39, 0.29) is 35.2 Å². The van der Waals surface area contributed by atoms with Gasteiger partial charge in [-0.15, -0.1) is 0 Å². The lowest BCUT2D eigenvalue weighted by molar-refractivity contribution is -0.176. The number of rotatable bonds is 4. The molecule has 4 heteroatoms. The molecule has 2 heterocycles. The van der Waals surface area contributed by atoms with Crippen molar-refractivity contribution in [3.63, 3.8) is 0 Å². The predicted octanol–water partition coefficient (Wildman–Crippen LogP) is 3.71. The summed E-state index contributed by atoms with van der Waals surface area (Å²) >= 11 is 0. The van der Waals surface area contributed by atoms with Gasteiger partial charge in [-0.05, 0) is 48.7 Å². The first kappa shape index (κ1) is 16.2. The molecule has 6 atom stereocenters. The van der Waals surface area contributed by atoms with Crippen LogP contribution in [0.3, 0.4) is 0 Å². The lowest BCUT2D eigenvalue weighted by atomic mass is 9.51. The first-order valence-corrected chi connectivity index (χ1v) is 9.58. The average molecular weight is 352 g/mol. The Morgan fingerprint density at radius 2 is 2.08 bits per heavy atom. The Hall–Kier alpha value is -1.94. The van der Waals surface area contributed by atoms with E-state index in [2.05, 4.69) is 30.3 Å². The maximum Gasteiger partial charge on any atom is 0.303 e. The molecule has 136 valence electrons. The standard InChI is InChI=1S/C22H24O4/c1-20(9-8-18(24)25)17(23)7-10-21-12-15-11-16(19(20)21)26-22(15,13-21)14-5-3-2-4-6-14/h2-7,10,15-16,19H,8-9,11-13H2,1H3,(H,24,25).